The summed E-state index contributed by atoms with van der Waals surface area (Å²) < 4.78 is 40.9. The molecular weight excluding hydrogens is 291 g/mol. The van der Waals surface area contributed by atoms with Crippen LogP contribution in [0.2, 0.25) is 0 Å². The van der Waals surface area contributed by atoms with Gasteiger partial charge >= 0.3 is 0 Å². The van der Waals surface area contributed by atoms with Crippen molar-refractivity contribution in [1.29, 1.82) is 0 Å². The quantitative estimate of drug-likeness (QED) is 0.893. The van der Waals surface area contributed by atoms with E-state index in [1.165, 1.54) is 12.1 Å². The highest BCUT2D eigenvalue weighted by molar-refractivity contribution is 7.92. The Bertz CT molecular complexity index is 745. The summed E-state index contributed by atoms with van der Waals surface area (Å²) >= 11 is 0. The van der Waals surface area contributed by atoms with Gasteiger partial charge in [0, 0.05) is 6.54 Å². The second-order valence-corrected chi connectivity index (χ2v) is 6.35. The van der Waals surface area contributed by atoms with E-state index in [-0.39, 0.29) is 4.90 Å². The van der Waals surface area contributed by atoms with Crippen LogP contribution in [0.25, 0.3) is 0 Å². The fourth-order valence-electron chi connectivity index (χ4n) is 2.00. The molecule has 0 atom stereocenters. The Kier molecular flexibility index (Phi) is 4.59. The van der Waals surface area contributed by atoms with Gasteiger partial charge in [-0.3, -0.25) is 4.72 Å². The number of sulfonamides is 1. The highest BCUT2D eigenvalue weighted by Crippen LogP contribution is 2.22. The molecule has 0 unspecified atom stereocenters. The van der Waals surface area contributed by atoms with Crippen molar-refractivity contribution in [2.45, 2.75) is 18.4 Å². The van der Waals surface area contributed by atoms with Crippen LogP contribution < -0.4 is 10.0 Å². The average Bonchev–Trinajstić information content (AvgIpc) is 2.43. The molecule has 2 aromatic carbocycles. The molecule has 0 saturated heterocycles. The van der Waals surface area contributed by atoms with Gasteiger partial charge in [0.2, 0.25) is 0 Å². The third-order valence-corrected chi connectivity index (χ3v) is 4.52. The van der Waals surface area contributed by atoms with Gasteiger partial charge in [0.05, 0.1) is 10.6 Å². The van der Waals surface area contributed by atoms with E-state index >= 15 is 0 Å². The molecule has 0 aliphatic rings. The van der Waals surface area contributed by atoms with E-state index in [2.05, 4.69) is 10.0 Å². The van der Waals surface area contributed by atoms with Crippen LogP contribution in [0, 0.1) is 12.7 Å². The fraction of sp³-hybridized carbons (Fsp3) is 0.200. The van der Waals surface area contributed by atoms with Gasteiger partial charge < -0.3 is 5.32 Å². The van der Waals surface area contributed by atoms with Crippen molar-refractivity contribution >= 4 is 15.7 Å². The average molecular weight is 308 g/mol. The van der Waals surface area contributed by atoms with E-state index < -0.39 is 15.8 Å². The first-order chi connectivity index (χ1) is 9.94. The molecule has 2 rings (SSSR count). The summed E-state index contributed by atoms with van der Waals surface area (Å²) in [5, 5.41) is 2.88. The number of para-hydroxylation sites is 1. The van der Waals surface area contributed by atoms with Crippen molar-refractivity contribution in [1.82, 2.24) is 5.32 Å². The van der Waals surface area contributed by atoms with Crippen LogP contribution in [0.5, 0.6) is 0 Å². The molecule has 6 heteroatoms. The Hall–Kier alpha value is -1.92. The Balaban J connectivity index is 2.44. The molecule has 2 aromatic rings. The third-order valence-electron chi connectivity index (χ3n) is 3.08. The standard InChI is InChI=1S/C15H17FN2O2S/c1-11-5-3-4-6-14(11)18-21(19,20)15-9-13(16)8-7-12(15)10-17-2/h3-9,17-18H,10H2,1-2H3. The van der Waals surface area contributed by atoms with Crippen molar-refractivity contribution in [2.24, 2.45) is 0 Å². The molecule has 0 spiro atoms. The molecular formula is C15H17FN2O2S. The molecule has 0 radical (unpaired) electrons. The van der Waals surface area contributed by atoms with E-state index in [0.717, 1.165) is 11.6 Å². The molecule has 0 amide bonds. The monoisotopic (exact) mass is 308 g/mol. The van der Waals surface area contributed by atoms with Crippen molar-refractivity contribution in [3.63, 3.8) is 0 Å². The van der Waals surface area contributed by atoms with Crippen LogP contribution in [0.1, 0.15) is 11.1 Å². The van der Waals surface area contributed by atoms with E-state index in [9.17, 15) is 12.8 Å². The van der Waals surface area contributed by atoms with E-state index in [4.69, 9.17) is 0 Å². The second kappa shape index (κ2) is 6.24. The number of aryl methyl sites for hydroxylation is 1. The lowest BCUT2D eigenvalue weighted by molar-refractivity contribution is 0.592. The van der Waals surface area contributed by atoms with Gasteiger partial charge in [0.15, 0.2) is 0 Å². The Morgan fingerprint density at radius 3 is 2.52 bits per heavy atom. The molecule has 4 nitrogen and oxygen atoms in total. The summed E-state index contributed by atoms with van der Waals surface area (Å²) in [5.41, 5.74) is 1.80. The summed E-state index contributed by atoms with van der Waals surface area (Å²) in [5.74, 6) is -0.583. The minimum Gasteiger partial charge on any atom is -0.316 e. The Morgan fingerprint density at radius 2 is 1.86 bits per heavy atom. The predicted octanol–water partition coefficient (Wildman–Crippen LogP) is 2.65. The topological polar surface area (TPSA) is 58.2 Å². The molecule has 21 heavy (non-hydrogen) atoms. The first kappa shape index (κ1) is 15.5. The number of nitrogens with one attached hydrogen (secondary N) is 2. The maximum atomic E-state index is 13.4. The maximum Gasteiger partial charge on any atom is 0.262 e. The zero-order valence-electron chi connectivity index (χ0n) is 11.9. The molecule has 0 bridgehead atoms. The Morgan fingerprint density at radius 1 is 1.14 bits per heavy atom. The van der Waals surface area contributed by atoms with Gasteiger partial charge in [-0.15, -0.1) is 0 Å². The number of anilines is 1. The van der Waals surface area contributed by atoms with Crippen LogP contribution in [-0.4, -0.2) is 15.5 Å². The Labute approximate surface area is 124 Å². The molecule has 112 valence electrons. The zero-order chi connectivity index (χ0) is 15.5. The molecule has 2 N–H and O–H groups in total. The van der Waals surface area contributed by atoms with E-state index in [1.807, 2.05) is 6.07 Å². The van der Waals surface area contributed by atoms with Crippen LogP contribution >= 0.6 is 0 Å². The second-order valence-electron chi connectivity index (χ2n) is 4.70. The zero-order valence-corrected chi connectivity index (χ0v) is 12.7. The highest BCUT2D eigenvalue weighted by Gasteiger charge is 2.20. The largest absolute Gasteiger partial charge is 0.316 e. The fourth-order valence-corrected chi connectivity index (χ4v) is 3.38. The van der Waals surface area contributed by atoms with Crippen molar-refractivity contribution < 1.29 is 12.8 Å². The van der Waals surface area contributed by atoms with Gasteiger partial charge in [-0.1, -0.05) is 24.3 Å². The number of rotatable bonds is 5. The summed E-state index contributed by atoms with van der Waals surface area (Å²) in [6.07, 6.45) is 0. The first-order valence-electron chi connectivity index (χ1n) is 6.45. The van der Waals surface area contributed by atoms with E-state index in [1.54, 1.807) is 32.2 Å². The van der Waals surface area contributed by atoms with Crippen molar-refractivity contribution in [2.75, 3.05) is 11.8 Å². The minimum atomic E-state index is -3.84. The smallest absolute Gasteiger partial charge is 0.262 e. The lowest BCUT2D eigenvalue weighted by atomic mass is 10.2. The SMILES string of the molecule is CNCc1ccc(F)cc1S(=O)(=O)Nc1ccccc1C. The van der Waals surface area contributed by atoms with Crippen LogP contribution in [0.15, 0.2) is 47.4 Å². The van der Waals surface area contributed by atoms with Crippen molar-refractivity contribution in [3.8, 4) is 0 Å². The molecule has 0 aliphatic carbocycles. The lowest BCUT2D eigenvalue weighted by Crippen LogP contribution is -2.18. The first-order valence-corrected chi connectivity index (χ1v) is 7.94. The van der Waals surface area contributed by atoms with Crippen LogP contribution in [0.4, 0.5) is 10.1 Å². The van der Waals surface area contributed by atoms with Gasteiger partial charge in [-0.25, -0.2) is 12.8 Å². The van der Waals surface area contributed by atoms with E-state index in [0.29, 0.717) is 17.8 Å². The van der Waals surface area contributed by atoms with Crippen molar-refractivity contribution in [3.05, 3.63) is 59.4 Å². The summed E-state index contributed by atoms with van der Waals surface area (Å²) in [6, 6.07) is 10.8. The van der Waals surface area contributed by atoms with Gasteiger partial charge in [0.25, 0.3) is 10.0 Å². The molecule has 0 aromatic heterocycles. The van der Waals surface area contributed by atoms with Gasteiger partial charge in [-0.05, 0) is 43.3 Å². The minimum absolute atomic E-state index is 0.0555. The number of hydrogen-bond donors (Lipinski definition) is 2. The normalized spacial score (nSPS) is 11.4. The van der Waals surface area contributed by atoms with Crippen LogP contribution in [-0.2, 0) is 16.6 Å². The predicted molar refractivity (Wildman–Crippen MR) is 81.2 cm³/mol. The summed E-state index contributed by atoms with van der Waals surface area (Å²) in [7, 11) is -2.14. The molecule has 0 fully saturated rings. The van der Waals surface area contributed by atoms with Gasteiger partial charge in [-0.2, -0.15) is 0 Å². The molecule has 0 aliphatic heterocycles. The number of hydrogen-bond acceptors (Lipinski definition) is 3. The highest BCUT2D eigenvalue weighted by atomic mass is 32.2. The third kappa shape index (κ3) is 3.59. The summed E-state index contributed by atoms with van der Waals surface area (Å²) in [6.45, 7) is 2.14. The number of benzene rings is 2. The van der Waals surface area contributed by atoms with Crippen LogP contribution in [0.3, 0.4) is 0 Å². The molecule has 0 saturated carbocycles. The van der Waals surface area contributed by atoms with Gasteiger partial charge in [0.1, 0.15) is 5.82 Å². The molecule has 0 heterocycles. The number of halogens is 1. The summed E-state index contributed by atoms with van der Waals surface area (Å²) in [4.78, 5) is -0.0555. The maximum absolute atomic E-state index is 13.4. The lowest BCUT2D eigenvalue weighted by Gasteiger charge is -2.13.